The summed E-state index contributed by atoms with van der Waals surface area (Å²) >= 11 is 3.25. The van der Waals surface area contributed by atoms with Crippen LogP contribution in [0.25, 0.3) is 0 Å². The van der Waals surface area contributed by atoms with E-state index in [9.17, 15) is 0 Å². The lowest BCUT2D eigenvalue weighted by atomic mass is 10.4. The Morgan fingerprint density at radius 1 is 1.83 bits per heavy atom. The normalized spacial score (nSPS) is 10.2. The van der Waals surface area contributed by atoms with Crippen LogP contribution in [-0.2, 0) is 6.54 Å². The minimum Gasteiger partial charge on any atom is -0.361 e. The summed E-state index contributed by atoms with van der Waals surface area (Å²) in [5.74, 6) is 0.837. The van der Waals surface area contributed by atoms with Crippen LogP contribution in [0.3, 0.4) is 0 Å². The van der Waals surface area contributed by atoms with E-state index in [0.717, 1.165) is 22.5 Å². The van der Waals surface area contributed by atoms with Gasteiger partial charge in [0.05, 0.1) is 5.69 Å². The van der Waals surface area contributed by atoms with Crippen molar-refractivity contribution in [1.29, 1.82) is 0 Å². The van der Waals surface area contributed by atoms with Crippen molar-refractivity contribution in [2.45, 2.75) is 13.5 Å². The largest absolute Gasteiger partial charge is 0.361 e. The molecule has 0 spiro atoms. The Morgan fingerprint density at radius 3 is 3.08 bits per heavy atom. The molecule has 0 atom stereocenters. The minimum atomic E-state index is 0.710. The molecule has 1 heterocycles. The highest BCUT2D eigenvalue weighted by Gasteiger charge is 1.98. The van der Waals surface area contributed by atoms with Gasteiger partial charge in [-0.25, -0.2) is 0 Å². The van der Waals surface area contributed by atoms with Crippen LogP contribution in [0.2, 0.25) is 0 Å². The lowest BCUT2D eigenvalue weighted by molar-refractivity contribution is 0.388. The van der Waals surface area contributed by atoms with Gasteiger partial charge in [-0.05, 0) is 6.92 Å². The number of halogens is 1. The van der Waals surface area contributed by atoms with E-state index in [1.807, 2.05) is 13.0 Å². The van der Waals surface area contributed by atoms with Gasteiger partial charge in [0.1, 0.15) is 5.76 Å². The molecule has 0 aliphatic carbocycles. The zero-order valence-electron chi connectivity index (χ0n) is 6.93. The Kier molecular flexibility index (Phi) is 3.49. The number of hydrogen-bond acceptors (Lipinski definition) is 3. The average Bonchev–Trinajstić information content (AvgIpc) is 2.35. The van der Waals surface area contributed by atoms with Crippen molar-refractivity contribution in [1.82, 2.24) is 10.5 Å². The number of nitrogens with zero attached hydrogens (tertiary/aromatic N) is 1. The molecule has 0 amide bonds. The van der Waals surface area contributed by atoms with Gasteiger partial charge < -0.3 is 9.84 Å². The third-order valence-corrected chi connectivity index (χ3v) is 1.58. The molecule has 12 heavy (non-hydrogen) atoms. The van der Waals surface area contributed by atoms with E-state index in [2.05, 4.69) is 33.0 Å². The van der Waals surface area contributed by atoms with Gasteiger partial charge in [0, 0.05) is 23.6 Å². The van der Waals surface area contributed by atoms with E-state index in [0.29, 0.717) is 6.54 Å². The lowest BCUT2D eigenvalue weighted by Crippen LogP contribution is -2.14. The van der Waals surface area contributed by atoms with E-state index in [-0.39, 0.29) is 0 Å². The smallest absolute Gasteiger partial charge is 0.133 e. The fraction of sp³-hybridized carbons (Fsp3) is 0.375. The minimum absolute atomic E-state index is 0.710. The van der Waals surface area contributed by atoms with Gasteiger partial charge in [-0.2, -0.15) is 0 Å². The maximum Gasteiger partial charge on any atom is 0.133 e. The molecule has 4 heteroatoms. The third-order valence-electron chi connectivity index (χ3n) is 1.30. The van der Waals surface area contributed by atoms with E-state index in [1.165, 1.54) is 0 Å². The van der Waals surface area contributed by atoms with Crippen LogP contribution < -0.4 is 5.32 Å². The molecule has 0 saturated carbocycles. The fourth-order valence-corrected chi connectivity index (χ4v) is 1.03. The van der Waals surface area contributed by atoms with Crippen molar-refractivity contribution < 1.29 is 4.52 Å². The van der Waals surface area contributed by atoms with Crippen LogP contribution in [0.15, 0.2) is 21.7 Å². The quantitative estimate of drug-likeness (QED) is 0.860. The van der Waals surface area contributed by atoms with Gasteiger partial charge >= 0.3 is 0 Å². The Bertz CT molecular complexity index is 270. The van der Waals surface area contributed by atoms with Crippen LogP contribution in [0, 0.1) is 6.92 Å². The molecule has 1 aromatic heterocycles. The SMILES string of the molecule is C=C(Br)CNCc1cc(C)on1. The second-order valence-electron chi connectivity index (χ2n) is 2.55. The number of rotatable bonds is 4. The van der Waals surface area contributed by atoms with Crippen molar-refractivity contribution in [2.75, 3.05) is 6.54 Å². The molecule has 1 rings (SSSR count). The highest BCUT2D eigenvalue weighted by molar-refractivity contribution is 9.11. The van der Waals surface area contributed by atoms with Crippen LogP contribution >= 0.6 is 15.9 Å². The topological polar surface area (TPSA) is 38.1 Å². The van der Waals surface area contributed by atoms with Gasteiger partial charge in [-0.3, -0.25) is 0 Å². The van der Waals surface area contributed by atoms with E-state index >= 15 is 0 Å². The molecule has 0 aliphatic rings. The zero-order chi connectivity index (χ0) is 8.97. The summed E-state index contributed by atoms with van der Waals surface area (Å²) in [4.78, 5) is 0. The second kappa shape index (κ2) is 4.42. The first kappa shape index (κ1) is 9.48. The first-order valence-electron chi connectivity index (χ1n) is 3.64. The average molecular weight is 231 g/mol. The Morgan fingerprint density at radius 2 is 2.58 bits per heavy atom. The first-order valence-corrected chi connectivity index (χ1v) is 4.44. The van der Waals surface area contributed by atoms with Gasteiger partial charge in [0.25, 0.3) is 0 Å². The lowest BCUT2D eigenvalue weighted by Gasteiger charge is -1.98. The standard InChI is InChI=1S/C8H11BrN2O/c1-6(9)4-10-5-8-3-7(2)12-11-8/h3,10H,1,4-5H2,2H3. The van der Waals surface area contributed by atoms with Gasteiger partial charge in [0.2, 0.25) is 0 Å². The summed E-state index contributed by atoms with van der Waals surface area (Å²) in [6.45, 7) is 7.03. The van der Waals surface area contributed by atoms with Crippen molar-refractivity contribution in [3.63, 3.8) is 0 Å². The van der Waals surface area contributed by atoms with Crippen molar-refractivity contribution >= 4 is 15.9 Å². The molecule has 0 fully saturated rings. The molecule has 0 radical (unpaired) electrons. The van der Waals surface area contributed by atoms with Crippen molar-refractivity contribution in [2.24, 2.45) is 0 Å². The summed E-state index contributed by atoms with van der Waals surface area (Å²) in [7, 11) is 0. The highest BCUT2D eigenvalue weighted by atomic mass is 79.9. The van der Waals surface area contributed by atoms with E-state index in [1.54, 1.807) is 0 Å². The van der Waals surface area contributed by atoms with E-state index in [4.69, 9.17) is 4.52 Å². The first-order chi connectivity index (χ1) is 5.68. The Balaban J connectivity index is 2.29. The summed E-state index contributed by atoms with van der Waals surface area (Å²) in [6.07, 6.45) is 0. The second-order valence-corrected chi connectivity index (χ2v) is 3.67. The molecule has 1 N–H and O–H groups in total. The predicted molar refractivity (Wildman–Crippen MR) is 51.0 cm³/mol. The predicted octanol–water partition coefficient (Wildman–Crippen LogP) is 1.98. The number of hydrogen-bond donors (Lipinski definition) is 1. The number of aromatic nitrogens is 1. The van der Waals surface area contributed by atoms with Crippen LogP contribution in [0.4, 0.5) is 0 Å². The van der Waals surface area contributed by atoms with Crippen molar-refractivity contribution in [3.8, 4) is 0 Å². The summed E-state index contributed by atoms with van der Waals surface area (Å²) in [6, 6.07) is 1.91. The monoisotopic (exact) mass is 230 g/mol. The van der Waals surface area contributed by atoms with E-state index < -0.39 is 0 Å². The molecular weight excluding hydrogens is 220 g/mol. The maximum absolute atomic E-state index is 4.90. The van der Waals surface area contributed by atoms with Gasteiger partial charge in [-0.15, -0.1) is 0 Å². The molecule has 0 bridgehead atoms. The number of aryl methyl sites for hydroxylation is 1. The molecular formula is C8H11BrN2O. The number of nitrogens with one attached hydrogen (secondary N) is 1. The van der Waals surface area contributed by atoms with Crippen molar-refractivity contribution in [3.05, 3.63) is 28.6 Å². The molecule has 0 aromatic carbocycles. The summed E-state index contributed by atoms with van der Waals surface area (Å²) < 4.78 is 5.83. The summed E-state index contributed by atoms with van der Waals surface area (Å²) in [5.41, 5.74) is 0.918. The molecule has 0 unspecified atom stereocenters. The maximum atomic E-state index is 4.90. The Labute approximate surface area is 79.9 Å². The fourth-order valence-electron chi connectivity index (χ4n) is 0.827. The Hall–Kier alpha value is -0.610. The van der Waals surface area contributed by atoms with Crippen LogP contribution in [0.1, 0.15) is 11.5 Å². The summed E-state index contributed by atoms with van der Waals surface area (Å²) in [5, 5.41) is 6.98. The molecule has 0 aliphatic heterocycles. The molecule has 3 nitrogen and oxygen atoms in total. The van der Waals surface area contributed by atoms with Gasteiger partial charge in [0.15, 0.2) is 0 Å². The van der Waals surface area contributed by atoms with Crippen LogP contribution in [-0.4, -0.2) is 11.7 Å². The molecule has 1 aromatic rings. The van der Waals surface area contributed by atoms with Crippen LogP contribution in [0.5, 0.6) is 0 Å². The third kappa shape index (κ3) is 3.19. The van der Waals surface area contributed by atoms with Gasteiger partial charge in [-0.1, -0.05) is 27.7 Å². The highest BCUT2D eigenvalue weighted by Crippen LogP contribution is 2.02. The molecule has 0 saturated heterocycles. The zero-order valence-corrected chi connectivity index (χ0v) is 8.52. The molecule has 66 valence electrons.